The molecule has 1 unspecified atom stereocenters. The van der Waals surface area contributed by atoms with Crippen molar-refractivity contribution >= 4 is 28.8 Å². The molecule has 160 valence electrons. The summed E-state index contributed by atoms with van der Waals surface area (Å²) in [5.41, 5.74) is 1.77. The summed E-state index contributed by atoms with van der Waals surface area (Å²) >= 11 is 1.57. The van der Waals surface area contributed by atoms with Crippen molar-refractivity contribution in [2.24, 2.45) is 5.92 Å². The molecule has 30 heavy (non-hydrogen) atoms. The minimum absolute atomic E-state index is 0.0248. The lowest BCUT2D eigenvalue weighted by atomic mass is 9.87. The third-order valence-electron chi connectivity index (χ3n) is 5.58. The summed E-state index contributed by atoms with van der Waals surface area (Å²) in [6.07, 6.45) is 2.23. The van der Waals surface area contributed by atoms with Crippen LogP contribution in [0.3, 0.4) is 0 Å². The number of fused-ring (bicyclic) bond motifs is 1. The van der Waals surface area contributed by atoms with Crippen molar-refractivity contribution in [1.82, 2.24) is 4.90 Å². The van der Waals surface area contributed by atoms with Crippen LogP contribution in [-0.2, 0) is 22.4 Å². The molecule has 0 spiro atoms. The molecule has 7 nitrogen and oxygen atoms in total. The lowest BCUT2D eigenvalue weighted by Crippen LogP contribution is -2.40. The smallest absolute Gasteiger partial charge is 0.264 e. The Balaban J connectivity index is 1.43. The van der Waals surface area contributed by atoms with Crippen LogP contribution in [0.2, 0.25) is 0 Å². The summed E-state index contributed by atoms with van der Waals surface area (Å²) in [5, 5.41) is 2.99. The van der Waals surface area contributed by atoms with E-state index in [9.17, 15) is 9.59 Å². The third kappa shape index (κ3) is 4.44. The van der Waals surface area contributed by atoms with Crippen molar-refractivity contribution < 1.29 is 23.8 Å². The summed E-state index contributed by atoms with van der Waals surface area (Å²) in [7, 11) is 3.16. The van der Waals surface area contributed by atoms with Crippen LogP contribution in [0.4, 0.5) is 5.69 Å². The zero-order valence-corrected chi connectivity index (χ0v) is 18.0. The van der Waals surface area contributed by atoms with E-state index in [4.69, 9.17) is 14.2 Å². The van der Waals surface area contributed by atoms with Gasteiger partial charge < -0.3 is 24.4 Å². The third-order valence-corrected chi connectivity index (χ3v) is 6.81. The van der Waals surface area contributed by atoms with Gasteiger partial charge in [-0.3, -0.25) is 9.59 Å². The van der Waals surface area contributed by atoms with E-state index in [1.165, 1.54) is 4.88 Å². The molecule has 2 heterocycles. The molecule has 1 aromatic heterocycles. The number of thiophene rings is 1. The van der Waals surface area contributed by atoms with Gasteiger partial charge in [-0.2, -0.15) is 0 Å². The Labute approximate surface area is 179 Å². The molecular formula is C22H26N2O5S. The molecule has 0 bridgehead atoms. The molecule has 1 N–H and O–H groups in total. The van der Waals surface area contributed by atoms with Gasteiger partial charge in [0.2, 0.25) is 5.91 Å². The first kappa shape index (κ1) is 20.7. The van der Waals surface area contributed by atoms with E-state index in [2.05, 4.69) is 5.32 Å². The lowest BCUT2D eigenvalue weighted by molar-refractivity contribution is -0.120. The lowest BCUT2D eigenvalue weighted by Gasteiger charge is -2.26. The van der Waals surface area contributed by atoms with Gasteiger partial charge in [0.05, 0.1) is 32.3 Å². The second kappa shape index (κ2) is 9.06. The number of morpholine rings is 1. The monoisotopic (exact) mass is 430 g/mol. The van der Waals surface area contributed by atoms with Crippen molar-refractivity contribution in [1.29, 1.82) is 0 Å². The summed E-state index contributed by atoms with van der Waals surface area (Å²) in [4.78, 5) is 29.5. The molecular weight excluding hydrogens is 404 g/mol. The normalized spacial score (nSPS) is 18.5. The van der Waals surface area contributed by atoms with E-state index in [0.717, 1.165) is 23.3 Å². The number of benzene rings is 1. The molecule has 1 saturated heterocycles. The van der Waals surface area contributed by atoms with Gasteiger partial charge in [0.15, 0.2) is 0 Å². The van der Waals surface area contributed by atoms with Gasteiger partial charge in [-0.15, -0.1) is 11.3 Å². The fraction of sp³-hybridized carbons (Fsp3) is 0.455. The molecule has 1 aliphatic heterocycles. The number of nitrogens with one attached hydrogen (secondary N) is 1. The number of amides is 2. The number of rotatable bonds is 5. The predicted octanol–water partition coefficient (Wildman–Crippen LogP) is 2.98. The molecule has 0 radical (unpaired) electrons. The number of ether oxygens (including phenoxy) is 3. The Bertz CT molecular complexity index is 913. The van der Waals surface area contributed by atoms with E-state index in [1.807, 2.05) is 11.0 Å². The Morgan fingerprint density at radius 3 is 2.47 bits per heavy atom. The zero-order valence-electron chi connectivity index (χ0n) is 17.2. The van der Waals surface area contributed by atoms with Gasteiger partial charge in [-0.1, -0.05) is 0 Å². The minimum Gasteiger partial charge on any atom is -0.497 e. The second-order valence-corrected chi connectivity index (χ2v) is 8.63. The van der Waals surface area contributed by atoms with E-state index in [1.54, 1.807) is 43.8 Å². The van der Waals surface area contributed by atoms with Crippen molar-refractivity contribution in [3.05, 3.63) is 39.6 Å². The number of nitrogens with zero attached hydrogens (tertiary/aromatic N) is 1. The highest BCUT2D eigenvalue weighted by atomic mass is 32.1. The van der Waals surface area contributed by atoms with Gasteiger partial charge in [0, 0.05) is 47.8 Å². The Hall–Kier alpha value is -2.58. The molecule has 1 atom stereocenters. The molecule has 2 aromatic rings. The minimum atomic E-state index is -0.129. The van der Waals surface area contributed by atoms with Crippen LogP contribution in [0, 0.1) is 5.92 Å². The number of carbonyl (C=O) groups excluding carboxylic acids is 2. The molecule has 4 rings (SSSR count). The SMILES string of the molecule is COc1cc(NC(=O)C2CCc3sc(C(=O)N4CCOCC4)cc3C2)cc(OC)c1. The van der Waals surface area contributed by atoms with Crippen LogP contribution in [-0.4, -0.2) is 57.2 Å². The number of hydrogen-bond donors (Lipinski definition) is 1. The summed E-state index contributed by atoms with van der Waals surface area (Å²) in [6.45, 7) is 2.45. The van der Waals surface area contributed by atoms with E-state index in [0.29, 0.717) is 49.9 Å². The van der Waals surface area contributed by atoms with E-state index < -0.39 is 0 Å². The number of methoxy groups -OCH3 is 2. The first-order valence-electron chi connectivity index (χ1n) is 10.1. The van der Waals surface area contributed by atoms with Gasteiger partial charge in [0.1, 0.15) is 11.5 Å². The maximum absolute atomic E-state index is 12.9. The fourth-order valence-corrected chi connectivity index (χ4v) is 5.08. The average Bonchev–Trinajstić information content (AvgIpc) is 3.22. The topological polar surface area (TPSA) is 77.1 Å². The van der Waals surface area contributed by atoms with Gasteiger partial charge in [0.25, 0.3) is 5.91 Å². The summed E-state index contributed by atoms with van der Waals surface area (Å²) < 4.78 is 15.9. The Morgan fingerprint density at radius 1 is 1.10 bits per heavy atom. The van der Waals surface area contributed by atoms with Crippen LogP contribution in [0.25, 0.3) is 0 Å². The highest BCUT2D eigenvalue weighted by Gasteiger charge is 2.29. The highest BCUT2D eigenvalue weighted by Crippen LogP contribution is 2.34. The predicted molar refractivity (Wildman–Crippen MR) is 115 cm³/mol. The number of hydrogen-bond acceptors (Lipinski definition) is 6. The number of anilines is 1. The van der Waals surface area contributed by atoms with Crippen LogP contribution < -0.4 is 14.8 Å². The maximum Gasteiger partial charge on any atom is 0.264 e. The molecule has 2 aliphatic rings. The molecule has 0 saturated carbocycles. The maximum atomic E-state index is 12.9. The molecule has 2 amide bonds. The van der Waals surface area contributed by atoms with Crippen molar-refractivity contribution in [2.45, 2.75) is 19.3 Å². The number of carbonyl (C=O) groups is 2. The molecule has 8 heteroatoms. The fourth-order valence-electron chi connectivity index (χ4n) is 3.90. The van der Waals surface area contributed by atoms with Crippen LogP contribution in [0.1, 0.15) is 26.5 Å². The second-order valence-electron chi connectivity index (χ2n) is 7.49. The largest absolute Gasteiger partial charge is 0.497 e. The first-order chi connectivity index (χ1) is 14.6. The summed E-state index contributed by atoms with van der Waals surface area (Å²) in [5.74, 6) is 1.17. The highest BCUT2D eigenvalue weighted by molar-refractivity contribution is 7.14. The van der Waals surface area contributed by atoms with Gasteiger partial charge in [-0.05, 0) is 30.9 Å². The Morgan fingerprint density at radius 2 is 1.80 bits per heavy atom. The average molecular weight is 431 g/mol. The van der Waals surface area contributed by atoms with Crippen molar-refractivity contribution in [2.75, 3.05) is 45.8 Å². The standard InChI is InChI=1S/C22H26N2O5S/c1-27-17-11-16(12-18(13-17)28-2)23-21(25)14-3-4-19-15(9-14)10-20(30-19)22(26)24-5-7-29-8-6-24/h10-14H,3-9H2,1-2H3,(H,23,25). The molecule has 1 aliphatic carbocycles. The van der Waals surface area contributed by atoms with Crippen molar-refractivity contribution in [3.8, 4) is 11.5 Å². The number of aryl methyl sites for hydroxylation is 1. The summed E-state index contributed by atoms with van der Waals surface area (Å²) in [6, 6.07) is 7.30. The van der Waals surface area contributed by atoms with Crippen LogP contribution in [0.5, 0.6) is 11.5 Å². The molecule has 1 fully saturated rings. The Kier molecular flexibility index (Phi) is 6.24. The molecule has 1 aromatic carbocycles. The van der Waals surface area contributed by atoms with E-state index >= 15 is 0 Å². The van der Waals surface area contributed by atoms with Crippen LogP contribution >= 0.6 is 11.3 Å². The van der Waals surface area contributed by atoms with E-state index in [-0.39, 0.29) is 17.7 Å². The van der Waals surface area contributed by atoms with Crippen molar-refractivity contribution in [3.63, 3.8) is 0 Å². The van der Waals surface area contributed by atoms with Gasteiger partial charge >= 0.3 is 0 Å². The van der Waals surface area contributed by atoms with Gasteiger partial charge in [-0.25, -0.2) is 0 Å². The first-order valence-corrected chi connectivity index (χ1v) is 10.9. The zero-order chi connectivity index (χ0) is 21.1. The van der Waals surface area contributed by atoms with Crippen LogP contribution in [0.15, 0.2) is 24.3 Å². The quantitative estimate of drug-likeness (QED) is 0.789.